The molecule has 0 fully saturated rings. The topological polar surface area (TPSA) is 88.8 Å². The van der Waals surface area contributed by atoms with E-state index in [4.69, 9.17) is 16.9 Å². The highest BCUT2D eigenvalue weighted by Crippen LogP contribution is 2.26. The first-order chi connectivity index (χ1) is 9.02. The van der Waals surface area contributed by atoms with E-state index < -0.39 is 0 Å². The summed E-state index contributed by atoms with van der Waals surface area (Å²) in [5.74, 6) is 0.395. The molecular weight excluding hydrogens is 236 g/mol. The Morgan fingerprint density at radius 1 is 1.21 bits per heavy atom. The number of hydrogen-bond donors (Lipinski definition) is 3. The lowest BCUT2D eigenvalue weighted by Crippen LogP contribution is -2.05. The summed E-state index contributed by atoms with van der Waals surface area (Å²) in [4.78, 5) is 4.40. The predicted molar refractivity (Wildman–Crippen MR) is 80.4 cm³/mol. The molecule has 0 saturated carbocycles. The van der Waals surface area contributed by atoms with Gasteiger partial charge in [-0.15, -0.1) is 0 Å². The summed E-state index contributed by atoms with van der Waals surface area (Å²) in [5, 5.41) is 7.83. The van der Waals surface area contributed by atoms with Crippen LogP contribution in [0.5, 0.6) is 0 Å². The highest BCUT2D eigenvalue weighted by atomic mass is 14.8. The van der Waals surface area contributed by atoms with Gasteiger partial charge in [0.25, 0.3) is 0 Å². The van der Waals surface area contributed by atoms with Crippen molar-refractivity contribution >= 4 is 17.2 Å². The van der Waals surface area contributed by atoms with E-state index in [1.807, 2.05) is 44.2 Å². The maximum atomic E-state index is 7.83. The Labute approximate surface area is 113 Å². The van der Waals surface area contributed by atoms with Gasteiger partial charge < -0.3 is 16.9 Å². The minimum atomic E-state index is 0.395. The van der Waals surface area contributed by atoms with E-state index in [2.05, 4.69) is 4.98 Å². The fraction of sp³-hybridized carbons (Fsp3) is 0.200. The number of benzene rings is 1. The fourth-order valence-corrected chi connectivity index (χ4v) is 1.99. The van der Waals surface area contributed by atoms with Gasteiger partial charge >= 0.3 is 0 Å². The van der Waals surface area contributed by atoms with Crippen LogP contribution in [0.25, 0.3) is 11.3 Å². The van der Waals surface area contributed by atoms with E-state index >= 15 is 0 Å². The minimum Gasteiger partial charge on any atom is -0.399 e. The van der Waals surface area contributed by atoms with Gasteiger partial charge in [-0.1, -0.05) is 13.0 Å². The number of nitrogen functional groups attached to an aromatic ring is 2. The molecule has 0 spiro atoms. The van der Waals surface area contributed by atoms with Crippen molar-refractivity contribution in [2.45, 2.75) is 20.3 Å². The molecule has 4 nitrogen and oxygen atoms in total. The van der Waals surface area contributed by atoms with Crippen molar-refractivity contribution in [2.24, 2.45) is 0 Å². The predicted octanol–water partition coefficient (Wildman–Crippen LogP) is 3.00. The second-order valence-corrected chi connectivity index (χ2v) is 4.54. The third-order valence-electron chi connectivity index (χ3n) is 3.14. The molecule has 1 aromatic carbocycles. The van der Waals surface area contributed by atoms with Crippen LogP contribution in [0.1, 0.15) is 24.5 Å². The number of aryl methyl sites for hydroxylation is 1. The Morgan fingerprint density at radius 2 is 1.95 bits per heavy atom. The lowest BCUT2D eigenvalue weighted by Gasteiger charge is -2.10. The summed E-state index contributed by atoms with van der Waals surface area (Å²) in [6.07, 6.45) is 0.641. The molecule has 4 heteroatoms. The maximum absolute atomic E-state index is 7.83. The number of nitrogens with two attached hydrogens (primary N) is 2. The van der Waals surface area contributed by atoms with Crippen LogP contribution >= 0.6 is 0 Å². The van der Waals surface area contributed by atoms with Gasteiger partial charge in [0.1, 0.15) is 5.82 Å². The molecule has 1 heterocycles. The van der Waals surface area contributed by atoms with Gasteiger partial charge in [-0.05, 0) is 43.2 Å². The normalized spacial score (nSPS) is 10.4. The Morgan fingerprint density at radius 3 is 2.58 bits per heavy atom. The highest BCUT2D eigenvalue weighted by molar-refractivity contribution is 6.02. The molecule has 0 bridgehead atoms. The lowest BCUT2D eigenvalue weighted by molar-refractivity contribution is 1.22. The average molecular weight is 254 g/mol. The molecule has 0 aliphatic carbocycles. The van der Waals surface area contributed by atoms with Crippen molar-refractivity contribution in [1.29, 1.82) is 5.41 Å². The van der Waals surface area contributed by atoms with Crippen LogP contribution in [0.3, 0.4) is 0 Å². The summed E-state index contributed by atoms with van der Waals surface area (Å²) >= 11 is 0. The Bertz CT molecular complexity index is 632. The third-order valence-corrected chi connectivity index (χ3v) is 3.14. The molecule has 0 radical (unpaired) electrons. The molecule has 98 valence electrons. The van der Waals surface area contributed by atoms with E-state index in [1.54, 1.807) is 0 Å². The number of nitrogens with one attached hydrogen (secondary N) is 1. The Kier molecular flexibility index (Phi) is 3.51. The smallest absolute Gasteiger partial charge is 0.133 e. The molecule has 0 atom stereocenters. The number of hydrogen-bond acceptors (Lipinski definition) is 4. The summed E-state index contributed by atoms with van der Waals surface area (Å²) in [6, 6.07) is 9.46. The first-order valence-corrected chi connectivity index (χ1v) is 6.23. The Hall–Kier alpha value is -2.36. The first kappa shape index (κ1) is 13.1. The molecule has 19 heavy (non-hydrogen) atoms. The molecule has 5 N–H and O–H groups in total. The van der Waals surface area contributed by atoms with E-state index in [0.717, 1.165) is 16.8 Å². The van der Waals surface area contributed by atoms with Crippen molar-refractivity contribution in [3.63, 3.8) is 0 Å². The maximum Gasteiger partial charge on any atom is 0.133 e. The number of aromatic nitrogens is 1. The number of rotatable bonds is 3. The Balaban J connectivity index is 2.50. The molecule has 1 aromatic heterocycles. The largest absolute Gasteiger partial charge is 0.399 e. The van der Waals surface area contributed by atoms with E-state index in [9.17, 15) is 0 Å². The standard InChI is InChI=1S/C15H18N4/c1-3-13(17)11-6-7-14(19-15(11)18)12-8-10(16)5-4-9(12)2/h4-8,17H,3,16H2,1-2H3,(H2,18,19). The van der Waals surface area contributed by atoms with Crippen LogP contribution in [0.15, 0.2) is 30.3 Å². The zero-order valence-electron chi connectivity index (χ0n) is 11.2. The van der Waals surface area contributed by atoms with Gasteiger partial charge in [-0.25, -0.2) is 4.98 Å². The van der Waals surface area contributed by atoms with Crippen molar-refractivity contribution in [3.05, 3.63) is 41.5 Å². The fourth-order valence-electron chi connectivity index (χ4n) is 1.99. The number of anilines is 2. The second kappa shape index (κ2) is 5.10. The molecule has 0 aliphatic heterocycles. The van der Waals surface area contributed by atoms with Gasteiger partial charge in [0.05, 0.1) is 5.69 Å². The third kappa shape index (κ3) is 2.57. The van der Waals surface area contributed by atoms with Crippen molar-refractivity contribution in [3.8, 4) is 11.3 Å². The van der Waals surface area contributed by atoms with Crippen molar-refractivity contribution in [1.82, 2.24) is 4.98 Å². The second-order valence-electron chi connectivity index (χ2n) is 4.54. The van der Waals surface area contributed by atoms with Crippen LogP contribution in [-0.4, -0.2) is 10.7 Å². The average Bonchev–Trinajstić information content (AvgIpc) is 2.40. The first-order valence-electron chi connectivity index (χ1n) is 6.23. The summed E-state index contributed by atoms with van der Waals surface area (Å²) in [5.41, 5.74) is 16.5. The number of nitrogens with zero attached hydrogens (tertiary/aromatic N) is 1. The minimum absolute atomic E-state index is 0.395. The number of pyridine rings is 1. The van der Waals surface area contributed by atoms with Gasteiger partial charge in [-0.3, -0.25) is 0 Å². The highest BCUT2D eigenvalue weighted by Gasteiger charge is 2.09. The van der Waals surface area contributed by atoms with Crippen LogP contribution in [0, 0.1) is 12.3 Å². The van der Waals surface area contributed by atoms with Gasteiger partial charge in [0, 0.05) is 22.5 Å². The van der Waals surface area contributed by atoms with Gasteiger partial charge in [-0.2, -0.15) is 0 Å². The zero-order chi connectivity index (χ0) is 14.0. The van der Waals surface area contributed by atoms with Crippen LogP contribution < -0.4 is 11.5 Å². The summed E-state index contributed by atoms with van der Waals surface area (Å²) in [7, 11) is 0. The zero-order valence-corrected chi connectivity index (χ0v) is 11.2. The molecule has 0 saturated heterocycles. The quantitative estimate of drug-likeness (QED) is 0.581. The van der Waals surface area contributed by atoms with E-state index in [0.29, 0.717) is 29.2 Å². The van der Waals surface area contributed by atoms with Crippen molar-refractivity contribution in [2.75, 3.05) is 11.5 Å². The molecule has 2 rings (SSSR count). The molecule has 0 unspecified atom stereocenters. The van der Waals surface area contributed by atoms with Gasteiger partial charge in [0.2, 0.25) is 0 Å². The SMILES string of the molecule is CCC(=N)c1ccc(-c2cc(N)ccc2C)nc1N. The monoisotopic (exact) mass is 254 g/mol. The van der Waals surface area contributed by atoms with E-state index in [1.165, 1.54) is 0 Å². The molecule has 0 aliphatic rings. The molecule has 2 aromatic rings. The lowest BCUT2D eigenvalue weighted by atomic mass is 10.0. The van der Waals surface area contributed by atoms with Crippen LogP contribution in [0.4, 0.5) is 11.5 Å². The molecular formula is C15H18N4. The van der Waals surface area contributed by atoms with E-state index in [-0.39, 0.29) is 0 Å². The van der Waals surface area contributed by atoms with Crippen molar-refractivity contribution < 1.29 is 0 Å². The van der Waals surface area contributed by atoms with Gasteiger partial charge in [0.15, 0.2) is 0 Å². The summed E-state index contributed by atoms with van der Waals surface area (Å²) in [6.45, 7) is 3.94. The summed E-state index contributed by atoms with van der Waals surface area (Å²) < 4.78 is 0. The van der Waals surface area contributed by atoms with Crippen LogP contribution in [0.2, 0.25) is 0 Å². The van der Waals surface area contributed by atoms with Crippen LogP contribution in [-0.2, 0) is 0 Å². The molecule has 0 amide bonds.